The number of carbonyl (C=O) groups excluding carboxylic acids is 3. The Balaban J connectivity index is 3.67. The van der Waals surface area contributed by atoms with E-state index < -0.39 is 36.0 Å². The van der Waals surface area contributed by atoms with Gasteiger partial charge in [0.15, 0.2) is 0 Å². The molecule has 238 valence electrons. The molecule has 0 aromatic heterocycles. The van der Waals surface area contributed by atoms with Gasteiger partial charge in [-0.3, -0.25) is 14.4 Å². The highest BCUT2D eigenvalue weighted by molar-refractivity contribution is 5.85. The maximum Gasteiger partial charge on any atom is 0.405 e. The molecule has 16 heteroatoms. The lowest BCUT2D eigenvalue weighted by molar-refractivity contribution is -0.142. The monoisotopic (exact) mass is 593 g/mol. The van der Waals surface area contributed by atoms with E-state index in [-0.39, 0.29) is 77.8 Å². The maximum atomic E-state index is 12.0. The molecular weight excluding hydrogens is 546 g/mol. The van der Waals surface area contributed by atoms with E-state index in [1.165, 1.54) is 0 Å². The molecule has 0 heterocycles. The van der Waals surface area contributed by atoms with E-state index >= 15 is 0 Å². The summed E-state index contributed by atoms with van der Waals surface area (Å²) in [5, 5.41) is 30.8. The van der Waals surface area contributed by atoms with Crippen LogP contribution in [0.3, 0.4) is 0 Å². The largest absolute Gasteiger partial charge is 0.480 e. The van der Waals surface area contributed by atoms with E-state index in [9.17, 15) is 29.1 Å². The van der Waals surface area contributed by atoms with Gasteiger partial charge in [0.1, 0.15) is 25.3 Å². The van der Waals surface area contributed by atoms with Crippen LogP contribution in [0.4, 0.5) is 4.79 Å². The number of rotatable bonds is 26. The molecule has 2 unspecified atom stereocenters. The van der Waals surface area contributed by atoms with Crippen molar-refractivity contribution in [2.24, 2.45) is 5.92 Å². The maximum absolute atomic E-state index is 12.0. The summed E-state index contributed by atoms with van der Waals surface area (Å²) in [6.45, 7) is 5.37. The highest BCUT2D eigenvalue weighted by Crippen LogP contribution is 2.02. The Labute approximate surface area is 240 Å². The van der Waals surface area contributed by atoms with Gasteiger partial charge < -0.3 is 55.7 Å². The van der Waals surface area contributed by atoms with Crippen LogP contribution < -0.4 is 26.6 Å². The molecule has 0 aliphatic heterocycles. The minimum Gasteiger partial charge on any atom is -0.480 e. The molecule has 2 atom stereocenters. The number of hydrogen-bond acceptors (Lipinski definition) is 10. The Morgan fingerprint density at radius 1 is 0.683 bits per heavy atom. The molecule has 0 bridgehead atoms. The highest BCUT2D eigenvalue weighted by atomic mass is 16.5. The van der Waals surface area contributed by atoms with Crippen molar-refractivity contribution in [3.05, 3.63) is 0 Å². The molecule has 41 heavy (non-hydrogen) atoms. The van der Waals surface area contributed by atoms with Gasteiger partial charge in [0, 0.05) is 13.1 Å². The average Bonchev–Trinajstić information content (AvgIpc) is 2.91. The second-order valence-corrected chi connectivity index (χ2v) is 9.20. The number of carbonyl (C=O) groups is 5. The van der Waals surface area contributed by atoms with Crippen LogP contribution in [0.5, 0.6) is 0 Å². The summed E-state index contributed by atoms with van der Waals surface area (Å²) in [5.74, 6) is -2.57. The summed E-state index contributed by atoms with van der Waals surface area (Å²) in [5.41, 5.74) is 0. The van der Waals surface area contributed by atoms with E-state index in [1.807, 2.05) is 7.05 Å². The van der Waals surface area contributed by atoms with Gasteiger partial charge in [0.25, 0.3) is 0 Å². The summed E-state index contributed by atoms with van der Waals surface area (Å²) in [6, 6.07) is -1.80. The summed E-state index contributed by atoms with van der Waals surface area (Å²) < 4.78 is 21.0. The Morgan fingerprint density at radius 3 is 1.78 bits per heavy atom. The molecule has 0 saturated heterocycles. The van der Waals surface area contributed by atoms with E-state index in [4.69, 9.17) is 24.1 Å². The van der Waals surface area contributed by atoms with Gasteiger partial charge >= 0.3 is 12.1 Å². The molecule has 0 aliphatic carbocycles. The van der Waals surface area contributed by atoms with Crippen molar-refractivity contribution in [1.29, 1.82) is 0 Å². The first-order valence-electron chi connectivity index (χ1n) is 13.6. The quantitative estimate of drug-likeness (QED) is 0.0572. The third kappa shape index (κ3) is 22.3. The molecule has 0 radical (unpaired) electrons. The van der Waals surface area contributed by atoms with Gasteiger partial charge in [-0.1, -0.05) is 13.8 Å². The Bertz CT molecular complexity index is 770. The highest BCUT2D eigenvalue weighted by Gasteiger charge is 2.23. The van der Waals surface area contributed by atoms with E-state index in [0.717, 1.165) is 13.0 Å². The molecule has 0 aliphatic rings. The number of carboxylic acid groups (broad SMARTS) is 2. The van der Waals surface area contributed by atoms with E-state index in [1.54, 1.807) is 13.8 Å². The molecule has 0 rings (SSSR count). The van der Waals surface area contributed by atoms with Crippen LogP contribution in [0.25, 0.3) is 0 Å². The van der Waals surface area contributed by atoms with Crippen molar-refractivity contribution in [3.63, 3.8) is 0 Å². The number of hydrogen-bond donors (Lipinski definition) is 7. The van der Waals surface area contributed by atoms with Crippen molar-refractivity contribution in [1.82, 2.24) is 26.6 Å². The number of ether oxygens (including phenoxy) is 4. The normalized spacial score (nSPS) is 12.4. The third-order valence-electron chi connectivity index (χ3n) is 5.36. The van der Waals surface area contributed by atoms with Crippen LogP contribution in [-0.2, 0) is 38.1 Å². The minimum atomic E-state index is -1.27. The van der Waals surface area contributed by atoms with Crippen LogP contribution >= 0.6 is 0 Å². The number of unbranched alkanes of at least 4 members (excludes halogenated alkanes) is 1. The zero-order valence-electron chi connectivity index (χ0n) is 24.2. The van der Waals surface area contributed by atoms with Gasteiger partial charge in [-0.05, 0) is 38.8 Å². The summed E-state index contributed by atoms with van der Waals surface area (Å²) in [4.78, 5) is 57.7. The Kier molecular flexibility index (Phi) is 22.9. The van der Waals surface area contributed by atoms with E-state index in [2.05, 4.69) is 26.6 Å². The fourth-order valence-corrected chi connectivity index (χ4v) is 3.25. The van der Waals surface area contributed by atoms with Crippen LogP contribution in [0, 0.1) is 5.92 Å². The molecule has 0 spiro atoms. The van der Waals surface area contributed by atoms with Crippen molar-refractivity contribution in [2.75, 3.05) is 79.5 Å². The summed E-state index contributed by atoms with van der Waals surface area (Å²) in [7, 11) is 1.81. The van der Waals surface area contributed by atoms with Crippen LogP contribution in [0.15, 0.2) is 0 Å². The van der Waals surface area contributed by atoms with Gasteiger partial charge in [0.05, 0.1) is 39.6 Å². The van der Waals surface area contributed by atoms with Crippen molar-refractivity contribution in [3.8, 4) is 0 Å². The zero-order chi connectivity index (χ0) is 30.9. The SMILES string of the molecule is CNCCCCC(NC(=O)COCCOCCNC(=O)COCCOCCNC(=O)C(NC(=O)O)C(C)C)C(=O)O. The topological polar surface area (TPSA) is 223 Å². The fraction of sp³-hybridized carbons (Fsp3) is 0.800. The molecule has 0 fully saturated rings. The molecule has 7 N–H and O–H groups in total. The molecule has 0 saturated carbocycles. The summed E-state index contributed by atoms with van der Waals surface area (Å²) in [6.07, 6.45) is 0.554. The number of carboxylic acids is 1. The number of amides is 4. The molecule has 0 aromatic carbocycles. The fourth-order valence-electron chi connectivity index (χ4n) is 3.25. The lowest BCUT2D eigenvalue weighted by Gasteiger charge is -2.19. The lowest BCUT2D eigenvalue weighted by Crippen LogP contribution is -2.49. The predicted molar refractivity (Wildman–Crippen MR) is 146 cm³/mol. The Hall–Kier alpha value is -3.05. The van der Waals surface area contributed by atoms with Gasteiger partial charge in [-0.15, -0.1) is 0 Å². The lowest BCUT2D eigenvalue weighted by atomic mass is 10.0. The van der Waals surface area contributed by atoms with Crippen LogP contribution in [0.2, 0.25) is 0 Å². The second-order valence-electron chi connectivity index (χ2n) is 9.20. The first-order valence-corrected chi connectivity index (χ1v) is 13.6. The van der Waals surface area contributed by atoms with Crippen LogP contribution in [0.1, 0.15) is 33.1 Å². The average molecular weight is 594 g/mol. The smallest absolute Gasteiger partial charge is 0.405 e. The first kappa shape index (κ1) is 38.0. The van der Waals surface area contributed by atoms with Gasteiger partial charge in [0.2, 0.25) is 17.7 Å². The first-order chi connectivity index (χ1) is 19.6. The van der Waals surface area contributed by atoms with E-state index in [0.29, 0.717) is 12.8 Å². The minimum absolute atomic E-state index is 0.131. The molecule has 0 aromatic rings. The number of nitrogens with one attached hydrogen (secondary N) is 5. The van der Waals surface area contributed by atoms with Gasteiger partial charge in [-0.2, -0.15) is 0 Å². The van der Waals surface area contributed by atoms with Crippen molar-refractivity contribution in [2.45, 2.75) is 45.2 Å². The summed E-state index contributed by atoms with van der Waals surface area (Å²) >= 11 is 0. The molecule has 4 amide bonds. The molecule has 16 nitrogen and oxygen atoms in total. The third-order valence-corrected chi connectivity index (χ3v) is 5.36. The standard InChI is InChI=1S/C25H47N5O11/c1-18(2)22(30-25(36)37)23(33)28-9-11-39-12-14-40-16-20(31)27-8-10-38-13-15-41-17-21(32)29-19(24(34)35)6-4-5-7-26-3/h18-19,22,26,30H,4-17H2,1-3H3,(H,27,31)(H,28,33)(H,29,32)(H,34,35)(H,36,37). The Morgan fingerprint density at radius 2 is 1.24 bits per heavy atom. The van der Waals surface area contributed by atoms with Crippen molar-refractivity contribution < 1.29 is 53.1 Å². The zero-order valence-corrected chi connectivity index (χ0v) is 24.2. The van der Waals surface area contributed by atoms with Crippen LogP contribution in [-0.4, -0.2) is 132 Å². The predicted octanol–water partition coefficient (Wildman–Crippen LogP) is -1.46. The second kappa shape index (κ2) is 24.7. The number of aliphatic carboxylic acids is 1. The van der Waals surface area contributed by atoms with Crippen molar-refractivity contribution >= 4 is 29.8 Å². The molecular formula is C25H47N5O11. The van der Waals surface area contributed by atoms with Gasteiger partial charge in [-0.25, -0.2) is 9.59 Å².